The molecule has 4 heteroatoms. The van der Waals surface area contributed by atoms with Crippen LogP contribution in [0, 0.1) is 28.6 Å². The lowest BCUT2D eigenvalue weighted by atomic mass is 9.67. The molecule has 0 amide bonds. The Morgan fingerprint density at radius 3 is 2.71 bits per heavy atom. The van der Waals surface area contributed by atoms with Crippen LogP contribution in [-0.2, 0) is 5.54 Å². The molecule has 0 spiro atoms. The van der Waals surface area contributed by atoms with Gasteiger partial charge in [-0.1, -0.05) is 13.8 Å². The van der Waals surface area contributed by atoms with E-state index < -0.39 is 0 Å². The lowest BCUT2D eigenvalue weighted by molar-refractivity contribution is 0.0880. The summed E-state index contributed by atoms with van der Waals surface area (Å²) < 4.78 is 1.90. The summed E-state index contributed by atoms with van der Waals surface area (Å²) in [5.41, 5.74) is 0.949. The maximum atomic E-state index is 8.93. The van der Waals surface area contributed by atoms with Crippen LogP contribution in [0.4, 0.5) is 0 Å². The van der Waals surface area contributed by atoms with Crippen molar-refractivity contribution in [2.75, 3.05) is 0 Å². The van der Waals surface area contributed by atoms with Crippen LogP contribution in [0.3, 0.4) is 0 Å². The smallest absolute Gasteiger partial charge is 0.0782 e. The Morgan fingerprint density at radius 2 is 2.24 bits per heavy atom. The highest BCUT2D eigenvalue weighted by atomic mass is 15.3. The van der Waals surface area contributed by atoms with E-state index in [0.717, 1.165) is 12.8 Å². The van der Waals surface area contributed by atoms with E-state index in [-0.39, 0.29) is 11.5 Å². The molecule has 17 heavy (non-hydrogen) atoms. The Balaban J connectivity index is 2.23. The number of rotatable bonds is 3. The summed E-state index contributed by atoms with van der Waals surface area (Å²) in [5.74, 6) is 0.518. The number of hydrogen-bond donors (Lipinski definition) is 0. The Kier molecular flexibility index (Phi) is 2.90. The van der Waals surface area contributed by atoms with Gasteiger partial charge in [0.2, 0.25) is 0 Å². The third-order valence-electron chi connectivity index (χ3n) is 3.60. The van der Waals surface area contributed by atoms with Gasteiger partial charge in [0.1, 0.15) is 0 Å². The summed E-state index contributed by atoms with van der Waals surface area (Å²) in [4.78, 5) is 0. The predicted molar refractivity (Wildman–Crippen MR) is 62.9 cm³/mol. The maximum Gasteiger partial charge on any atom is 0.0782 e. The molecular formula is C13H16N4. The first kappa shape index (κ1) is 11.7. The molecule has 0 bridgehead atoms. The van der Waals surface area contributed by atoms with Crippen molar-refractivity contribution in [3.05, 3.63) is 18.0 Å². The quantitative estimate of drug-likeness (QED) is 0.798. The summed E-state index contributed by atoms with van der Waals surface area (Å²) in [6.07, 6.45) is 5.82. The molecule has 0 N–H and O–H groups in total. The number of nitriles is 2. The van der Waals surface area contributed by atoms with Crippen LogP contribution in [0.15, 0.2) is 12.4 Å². The molecule has 1 fully saturated rings. The first-order valence-electron chi connectivity index (χ1n) is 5.93. The van der Waals surface area contributed by atoms with E-state index >= 15 is 0 Å². The van der Waals surface area contributed by atoms with Crippen LogP contribution in [0.25, 0.3) is 0 Å². The molecule has 0 saturated heterocycles. The fraction of sp³-hybridized carbons (Fsp3) is 0.615. The molecule has 1 heterocycles. The van der Waals surface area contributed by atoms with Crippen LogP contribution in [0.5, 0.6) is 0 Å². The predicted octanol–water partition coefficient (Wildman–Crippen LogP) is 2.55. The van der Waals surface area contributed by atoms with E-state index in [1.54, 1.807) is 0 Å². The lowest BCUT2D eigenvalue weighted by Gasteiger charge is -2.43. The average molecular weight is 228 g/mol. The Hall–Kier alpha value is -1.81. The second-order valence-electron chi connectivity index (χ2n) is 5.17. The number of aromatic nitrogens is 2. The summed E-state index contributed by atoms with van der Waals surface area (Å²) in [5, 5.41) is 22.2. The van der Waals surface area contributed by atoms with Gasteiger partial charge in [-0.3, -0.25) is 4.68 Å². The zero-order chi connectivity index (χ0) is 12.5. The minimum atomic E-state index is -0.234. The van der Waals surface area contributed by atoms with Gasteiger partial charge in [-0.15, -0.1) is 0 Å². The monoisotopic (exact) mass is 228 g/mol. The zero-order valence-corrected chi connectivity index (χ0v) is 10.2. The van der Waals surface area contributed by atoms with Gasteiger partial charge in [-0.2, -0.15) is 15.6 Å². The Bertz CT molecular complexity index is 480. The van der Waals surface area contributed by atoms with E-state index in [4.69, 9.17) is 10.5 Å². The van der Waals surface area contributed by atoms with Crippen LogP contribution < -0.4 is 0 Å². The van der Waals surface area contributed by atoms with Gasteiger partial charge >= 0.3 is 0 Å². The fourth-order valence-electron chi connectivity index (χ4n) is 2.40. The summed E-state index contributed by atoms with van der Waals surface area (Å²) in [6, 6.07) is 4.49. The Morgan fingerprint density at radius 1 is 1.53 bits per heavy atom. The van der Waals surface area contributed by atoms with E-state index in [2.05, 4.69) is 31.1 Å². The zero-order valence-electron chi connectivity index (χ0n) is 10.2. The molecule has 0 unspecified atom stereocenters. The lowest BCUT2D eigenvalue weighted by Crippen LogP contribution is -2.46. The van der Waals surface area contributed by atoms with E-state index in [1.807, 2.05) is 17.1 Å². The second-order valence-corrected chi connectivity index (χ2v) is 5.17. The van der Waals surface area contributed by atoms with Crippen LogP contribution in [0.2, 0.25) is 0 Å². The minimum absolute atomic E-state index is 0.0787. The number of nitrogens with zero attached hydrogens (tertiary/aromatic N) is 4. The van der Waals surface area contributed by atoms with Crippen molar-refractivity contribution < 1.29 is 0 Å². The molecule has 1 aromatic rings. The van der Waals surface area contributed by atoms with Crippen molar-refractivity contribution in [2.45, 2.75) is 44.6 Å². The first-order valence-corrected chi connectivity index (χ1v) is 5.93. The number of hydrogen-bond acceptors (Lipinski definition) is 3. The normalized spacial score (nSPS) is 27.2. The molecular weight excluding hydrogens is 212 g/mol. The van der Waals surface area contributed by atoms with Crippen LogP contribution in [0.1, 0.15) is 44.6 Å². The van der Waals surface area contributed by atoms with Gasteiger partial charge in [0.05, 0.1) is 36.2 Å². The van der Waals surface area contributed by atoms with Crippen molar-refractivity contribution in [3.63, 3.8) is 0 Å². The van der Waals surface area contributed by atoms with E-state index in [9.17, 15) is 0 Å². The maximum absolute atomic E-state index is 8.93. The molecule has 0 aliphatic heterocycles. The molecule has 4 nitrogen and oxygen atoms in total. The highest BCUT2D eigenvalue weighted by molar-refractivity contribution is 5.15. The minimum Gasteiger partial charge on any atom is -0.265 e. The SMILES string of the molecule is CC(C)c1cnn([C@]2(CC#N)C[C@@H](C#N)C2)c1. The van der Waals surface area contributed by atoms with Crippen LogP contribution >= 0.6 is 0 Å². The van der Waals surface area contributed by atoms with Crippen molar-refractivity contribution in [2.24, 2.45) is 5.92 Å². The van der Waals surface area contributed by atoms with Crippen molar-refractivity contribution in [3.8, 4) is 12.1 Å². The molecule has 0 radical (unpaired) electrons. The largest absolute Gasteiger partial charge is 0.265 e. The van der Waals surface area contributed by atoms with E-state index in [0.29, 0.717) is 12.3 Å². The molecule has 2 rings (SSSR count). The molecule has 1 aliphatic rings. The van der Waals surface area contributed by atoms with Crippen molar-refractivity contribution >= 4 is 0 Å². The van der Waals surface area contributed by atoms with Crippen molar-refractivity contribution in [1.29, 1.82) is 10.5 Å². The highest BCUT2D eigenvalue weighted by Gasteiger charge is 2.46. The summed E-state index contributed by atoms with van der Waals surface area (Å²) >= 11 is 0. The molecule has 0 aromatic carbocycles. The molecule has 0 atom stereocenters. The topological polar surface area (TPSA) is 65.4 Å². The standard InChI is InChI=1S/C13H16N4/c1-10(2)12-8-16-17(9-12)13(3-4-14)5-11(6-13)7-15/h8-11H,3,5-6H2,1-2H3/t11-,13-. The van der Waals surface area contributed by atoms with Crippen LogP contribution in [-0.4, -0.2) is 9.78 Å². The molecule has 1 aliphatic carbocycles. The molecule has 1 saturated carbocycles. The van der Waals surface area contributed by atoms with Gasteiger partial charge < -0.3 is 0 Å². The van der Waals surface area contributed by atoms with Gasteiger partial charge in [0, 0.05) is 6.20 Å². The van der Waals surface area contributed by atoms with Gasteiger partial charge in [0.15, 0.2) is 0 Å². The first-order chi connectivity index (χ1) is 8.11. The molecule has 1 aromatic heterocycles. The van der Waals surface area contributed by atoms with Gasteiger partial charge in [-0.25, -0.2) is 0 Å². The molecule has 88 valence electrons. The van der Waals surface area contributed by atoms with Gasteiger partial charge in [-0.05, 0) is 24.3 Å². The average Bonchev–Trinajstić information content (AvgIpc) is 2.72. The van der Waals surface area contributed by atoms with Gasteiger partial charge in [0.25, 0.3) is 0 Å². The highest BCUT2D eigenvalue weighted by Crippen LogP contribution is 2.45. The third-order valence-corrected chi connectivity index (χ3v) is 3.60. The van der Waals surface area contributed by atoms with E-state index in [1.165, 1.54) is 5.56 Å². The fourth-order valence-corrected chi connectivity index (χ4v) is 2.40. The van der Waals surface area contributed by atoms with Crippen molar-refractivity contribution in [1.82, 2.24) is 9.78 Å². The second kappa shape index (κ2) is 4.22. The third kappa shape index (κ3) is 1.91. The summed E-state index contributed by atoms with van der Waals surface area (Å²) in [7, 11) is 0. The Labute approximate surface area is 101 Å². The summed E-state index contributed by atoms with van der Waals surface area (Å²) in [6.45, 7) is 4.24.